The summed E-state index contributed by atoms with van der Waals surface area (Å²) >= 11 is 0. The third-order valence-corrected chi connectivity index (χ3v) is 4.50. The Morgan fingerprint density at radius 2 is 1.81 bits per heavy atom. The van der Waals surface area contributed by atoms with Crippen LogP contribution in [0.15, 0.2) is 0 Å². The van der Waals surface area contributed by atoms with E-state index in [1.165, 1.54) is 44.9 Å². The molecule has 0 bridgehead atoms. The van der Waals surface area contributed by atoms with E-state index < -0.39 is 0 Å². The van der Waals surface area contributed by atoms with Crippen molar-refractivity contribution in [3.8, 4) is 0 Å². The highest BCUT2D eigenvalue weighted by Gasteiger charge is 2.35. The summed E-state index contributed by atoms with van der Waals surface area (Å²) in [5.74, 6) is 0.667. The van der Waals surface area contributed by atoms with Gasteiger partial charge in [0.2, 0.25) is 0 Å². The summed E-state index contributed by atoms with van der Waals surface area (Å²) in [5, 5.41) is 9.22. The molecule has 2 atom stereocenters. The minimum Gasteiger partial charge on any atom is -0.395 e. The molecule has 2 saturated carbocycles. The highest BCUT2D eigenvalue weighted by atomic mass is 16.3. The molecule has 2 fully saturated rings. The van der Waals surface area contributed by atoms with Crippen LogP contribution in [0.3, 0.4) is 0 Å². The molecule has 0 amide bonds. The maximum absolute atomic E-state index is 9.22. The van der Waals surface area contributed by atoms with Gasteiger partial charge in [-0.15, -0.1) is 0 Å². The first-order valence-corrected chi connectivity index (χ1v) is 6.93. The molecule has 0 saturated heterocycles. The monoisotopic (exact) mass is 226 g/mol. The summed E-state index contributed by atoms with van der Waals surface area (Å²) in [6.45, 7) is 1.97. The topological polar surface area (TPSA) is 49.5 Å². The van der Waals surface area contributed by atoms with Crippen LogP contribution in [0.4, 0.5) is 0 Å². The van der Waals surface area contributed by atoms with E-state index in [2.05, 4.69) is 4.90 Å². The first-order valence-electron chi connectivity index (χ1n) is 6.93. The van der Waals surface area contributed by atoms with Gasteiger partial charge in [-0.05, 0) is 38.1 Å². The number of aliphatic hydroxyl groups excluding tert-OH is 1. The second kappa shape index (κ2) is 5.99. The standard InChI is InChI=1S/C13H26N2O/c14-10-11-4-1-2-7-13(11)15(8-9-16)12-5-3-6-12/h11-13,16H,1-10,14H2. The Bertz CT molecular complexity index is 204. The van der Waals surface area contributed by atoms with Gasteiger partial charge in [-0.1, -0.05) is 19.3 Å². The number of nitrogens with zero attached hydrogens (tertiary/aromatic N) is 1. The fraction of sp³-hybridized carbons (Fsp3) is 1.00. The SMILES string of the molecule is NCC1CCCCC1N(CCO)C1CCC1. The van der Waals surface area contributed by atoms with Crippen LogP contribution in [0, 0.1) is 5.92 Å². The Kier molecular flexibility index (Phi) is 4.62. The minimum atomic E-state index is 0.296. The molecule has 3 heteroatoms. The zero-order valence-corrected chi connectivity index (χ0v) is 10.3. The number of aliphatic hydroxyl groups is 1. The minimum absolute atomic E-state index is 0.296. The van der Waals surface area contributed by atoms with Crippen LogP contribution < -0.4 is 5.73 Å². The maximum Gasteiger partial charge on any atom is 0.0558 e. The average Bonchev–Trinajstić information content (AvgIpc) is 2.26. The summed E-state index contributed by atoms with van der Waals surface area (Å²) in [7, 11) is 0. The van der Waals surface area contributed by atoms with Crippen molar-refractivity contribution in [2.24, 2.45) is 11.7 Å². The molecule has 94 valence electrons. The molecule has 0 spiro atoms. The molecule has 2 aliphatic carbocycles. The van der Waals surface area contributed by atoms with Gasteiger partial charge in [0.05, 0.1) is 6.61 Å². The fourth-order valence-corrected chi connectivity index (χ4v) is 3.35. The quantitative estimate of drug-likeness (QED) is 0.744. The fourth-order valence-electron chi connectivity index (χ4n) is 3.35. The molecule has 0 aliphatic heterocycles. The third kappa shape index (κ3) is 2.58. The van der Waals surface area contributed by atoms with Gasteiger partial charge < -0.3 is 10.8 Å². The molecule has 0 radical (unpaired) electrons. The van der Waals surface area contributed by atoms with E-state index in [9.17, 15) is 5.11 Å². The molecule has 0 aromatic carbocycles. The van der Waals surface area contributed by atoms with Gasteiger partial charge in [0, 0.05) is 18.6 Å². The molecule has 3 N–H and O–H groups in total. The molecule has 0 aromatic heterocycles. The number of hydrogen-bond donors (Lipinski definition) is 2. The van der Waals surface area contributed by atoms with Gasteiger partial charge in [0.1, 0.15) is 0 Å². The molecule has 2 unspecified atom stereocenters. The van der Waals surface area contributed by atoms with Crippen molar-refractivity contribution < 1.29 is 5.11 Å². The van der Waals surface area contributed by atoms with Crippen molar-refractivity contribution in [2.75, 3.05) is 19.7 Å². The van der Waals surface area contributed by atoms with E-state index >= 15 is 0 Å². The predicted molar refractivity (Wildman–Crippen MR) is 66.2 cm³/mol. The summed E-state index contributed by atoms with van der Waals surface area (Å²) < 4.78 is 0. The van der Waals surface area contributed by atoms with Crippen LogP contribution in [0.5, 0.6) is 0 Å². The Morgan fingerprint density at radius 1 is 1.06 bits per heavy atom. The van der Waals surface area contributed by atoms with Crippen LogP contribution in [0.25, 0.3) is 0 Å². The van der Waals surface area contributed by atoms with Crippen LogP contribution >= 0.6 is 0 Å². The summed E-state index contributed by atoms with van der Waals surface area (Å²) in [5.41, 5.74) is 5.90. The molecule has 16 heavy (non-hydrogen) atoms. The van der Waals surface area contributed by atoms with Crippen molar-refractivity contribution in [1.29, 1.82) is 0 Å². The van der Waals surface area contributed by atoms with E-state index in [1.807, 2.05) is 0 Å². The van der Waals surface area contributed by atoms with E-state index in [4.69, 9.17) is 5.73 Å². The normalized spacial score (nSPS) is 31.7. The van der Waals surface area contributed by atoms with Crippen LogP contribution in [-0.4, -0.2) is 41.8 Å². The highest BCUT2D eigenvalue weighted by Crippen LogP contribution is 2.34. The first-order chi connectivity index (χ1) is 7.86. The molecule has 2 rings (SSSR count). The predicted octanol–water partition coefficient (Wildman–Crippen LogP) is 1.35. The van der Waals surface area contributed by atoms with Gasteiger partial charge >= 0.3 is 0 Å². The lowest BCUT2D eigenvalue weighted by Crippen LogP contribution is -2.53. The number of nitrogens with two attached hydrogens (primary N) is 1. The largest absolute Gasteiger partial charge is 0.395 e. The van der Waals surface area contributed by atoms with Gasteiger partial charge in [-0.25, -0.2) is 0 Å². The Hall–Kier alpha value is -0.120. The van der Waals surface area contributed by atoms with E-state index in [0.29, 0.717) is 18.6 Å². The smallest absolute Gasteiger partial charge is 0.0558 e. The van der Waals surface area contributed by atoms with Gasteiger partial charge in [0.15, 0.2) is 0 Å². The highest BCUT2D eigenvalue weighted by molar-refractivity contribution is 4.90. The molecular formula is C13H26N2O. The van der Waals surface area contributed by atoms with E-state index in [-0.39, 0.29) is 0 Å². The Morgan fingerprint density at radius 3 is 2.38 bits per heavy atom. The van der Waals surface area contributed by atoms with Crippen molar-refractivity contribution >= 4 is 0 Å². The molecular weight excluding hydrogens is 200 g/mol. The summed E-state index contributed by atoms with van der Waals surface area (Å²) in [6.07, 6.45) is 9.29. The lowest BCUT2D eigenvalue weighted by Gasteiger charge is -2.46. The average molecular weight is 226 g/mol. The van der Waals surface area contributed by atoms with Crippen molar-refractivity contribution in [1.82, 2.24) is 4.90 Å². The zero-order valence-electron chi connectivity index (χ0n) is 10.3. The van der Waals surface area contributed by atoms with Crippen molar-refractivity contribution in [3.05, 3.63) is 0 Å². The lowest BCUT2D eigenvalue weighted by molar-refractivity contribution is 0.0184. The van der Waals surface area contributed by atoms with E-state index in [0.717, 1.165) is 19.1 Å². The van der Waals surface area contributed by atoms with Crippen LogP contribution in [-0.2, 0) is 0 Å². The number of hydrogen-bond acceptors (Lipinski definition) is 3. The van der Waals surface area contributed by atoms with Crippen molar-refractivity contribution in [2.45, 2.75) is 57.0 Å². The van der Waals surface area contributed by atoms with Crippen LogP contribution in [0.1, 0.15) is 44.9 Å². The summed E-state index contributed by atoms with van der Waals surface area (Å²) in [6, 6.07) is 1.39. The first kappa shape index (κ1) is 12.3. The summed E-state index contributed by atoms with van der Waals surface area (Å²) in [4.78, 5) is 2.57. The maximum atomic E-state index is 9.22. The lowest BCUT2D eigenvalue weighted by atomic mass is 9.80. The van der Waals surface area contributed by atoms with Gasteiger partial charge in [0.25, 0.3) is 0 Å². The third-order valence-electron chi connectivity index (χ3n) is 4.50. The Labute approximate surface area is 99.0 Å². The Balaban J connectivity index is 1.97. The number of rotatable bonds is 5. The van der Waals surface area contributed by atoms with Gasteiger partial charge in [-0.2, -0.15) is 0 Å². The second-order valence-electron chi connectivity index (χ2n) is 5.39. The van der Waals surface area contributed by atoms with E-state index in [1.54, 1.807) is 0 Å². The second-order valence-corrected chi connectivity index (χ2v) is 5.39. The molecule has 2 aliphatic rings. The van der Waals surface area contributed by atoms with Crippen molar-refractivity contribution in [3.63, 3.8) is 0 Å². The molecule has 3 nitrogen and oxygen atoms in total. The van der Waals surface area contributed by atoms with Gasteiger partial charge in [-0.3, -0.25) is 4.90 Å². The molecule has 0 heterocycles. The zero-order chi connectivity index (χ0) is 11.4. The molecule has 0 aromatic rings. The van der Waals surface area contributed by atoms with Crippen LogP contribution in [0.2, 0.25) is 0 Å².